The van der Waals surface area contributed by atoms with Crippen molar-refractivity contribution >= 4 is 22.9 Å². The standard InChI is InChI=1S/C8H9NO2S/c10-7-6(12-8(11)9-7)5-3-1-2-4-5/h1-4H2,(H,9,10,11). The SMILES string of the molecule is O=C1NC(=O)C(=C2CCCC2)S1. The third-order valence-corrected chi connectivity index (χ3v) is 3.11. The maximum absolute atomic E-state index is 11.2. The number of amides is 2. The number of carbonyl (C=O) groups is 2. The summed E-state index contributed by atoms with van der Waals surface area (Å²) >= 11 is 1.05. The fraction of sp³-hybridized carbons (Fsp3) is 0.500. The van der Waals surface area contributed by atoms with Crippen molar-refractivity contribution in [3.8, 4) is 0 Å². The zero-order valence-electron chi connectivity index (χ0n) is 6.55. The molecule has 1 saturated heterocycles. The Kier molecular flexibility index (Phi) is 1.92. The Morgan fingerprint density at radius 2 is 1.83 bits per heavy atom. The first-order valence-electron chi connectivity index (χ1n) is 4.02. The summed E-state index contributed by atoms with van der Waals surface area (Å²) in [5.74, 6) is -0.193. The zero-order chi connectivity index (χ0) is 8.55. The summed E-state index contributed by atoms with van der Waals surface area (Å²) < 4.78 is 0. The molecule has 1 heterocycles. The minimum atomic E-state index is -0.227. The van der Waals surface area contributed by atoms with Gasteiger partial charge in [-0.3, -0.25) is 14.9 Å². The first kappa shape index (κ1) is 7.86. The molecule has 1 saturated carbocycles. The van der Waals surface area contributed by atoms with Gasteiger partial charge in [0.15, 0.2) is 0 Å². The quantitative estimate of drug-likeness (QED) is 0.582. The molecule has 0 bridgehead atoms. The average Bonchev–Trinajstić information content (AvgIpc) is 2.58. The molecule has 1 N–H and O–H groups in total. The molecule has 1 aliphatic heterocycles. The summed E-state index contributed by atoms with van der Waals surface area (Å²) in [6.45, 7) is 0. The number of thioether (sulfide) groups is 1. The van der Waals surface area contributed by atoms with Crippen LogP contribution in [0.3, 0.4) is 0 Å². The highest BCUT2D eigenvalue weighted by Gasteiger charge is 2.29. The lowest BCUT2D eigenvalue weighted by Crippen LogP contribution is -2.18. The van der Waals surface area contributed by atoms with E-state index in [1.807, 2.05) is 0 Å². The third-order valence-electron chi connectivity index (χ3n) is 2.14. The number of carbonyl (C=O) groups excluding carboxylic acids is 2. The maximum atomic E-state index is 11.2. The molecule has 1 aliphatic carbocycles. The van der Waals surface area contributed by atoms with E-state index in [0.29, 0.717) is 4.91 Å². The highest BCUT2D eigenvalue weighted by atomic mass is 32.2. The lowest BCUT2D eigenvalue weighted by atomic mass is 10.2. The van der Waals surface area contributed by atoms with E-state index < -0.39 is 0 Å². The van der Waals surface area contributed by atoms with Crippen molar-refractivity contribution in [1.29, 1.82) is 0 Å². The molecule has 12 heavy (non-hydrogen) atoms. The van der Waals surface area contributed by atoms with Crippen LogP contribution in [0, 0.1) is 0 Å². The first-order valence-corrected chi connectivity index (χ1v) is 4.84. The summed E-state index contributed by atoms with van der Waals surface area (Å²) in [6, 6.07) is 0. The molecule has 2 fully saturated rings. The predicted molar refractivity (Wildman–Crippen MR) is 46.6 cm³/mol. The monoisotopic (exact) mass is 183 g/mol. The van der Waals surface area contributed by atoms with Gasteiger partial charge in [-0.1, -0.05) is 5.57 Å². The lowest BCUT2D eigenvalue weighted by Gasteiger charge is -1.96. The Balaban J connectivity index is 2.27. The second-order valence-electron chi connectivity index (χ2n) is 2.98. The van der Waals surface area contributed by atoms with E-state index in [2.05, 4.69) is 5.32 Å². The van der Waals surface area contributed by atoms with E-state index in [1.54, 1.807) is 0 Å². The van der Waals surface area contributed by atoms with E-state index in [9.17, 15) is 9.59 Å². The van der Waals surface area contributed by atoms with Crippen LogP contribution in [0.15, 0.2) is 10.5 Å². The summed E-state index contributed by atoms with van der Waals surface area (Å²) in [5.41, 5.74) is 1.17. The van der Waals surface area contributed by atoms with Gasteiger partial charge >= 0.3 is 0 Å². The lowest BCUT2D eigenvalue weighted by molar-refractivity contribution is -0.115. The Morgan fingerprint density at radius 3 is 2.33 bits per heavy atom. The van der Waals surface area contributed by atoms with Gasteiger partial charge in [-0.2, -0.15) is 0 Å². The summed E-state index contributed by atoms with van der Waals surface area (Å²) in [4.78, 5) is 22.6. The van der Waals surface area contributed by atoms with Crippen LogP contribution in [-0.2, 0) is 4.79 Å². The van der Waals surface area contributed by atoms with Crippen molar-refractivity contribution in [1.82, 2.24) is 5.32 Å². The molecule has 2 rings (SSSR count). The second-order valence-corrected chi connectivity index (χ2v) is 3.97. The van der Waals surface area contributed by atoms with Crippen LogP contribution in [0.5, 0.6) is 0 Å². The van der Waals surface area contributed by atoms with Gasteiger partial charge in [-0.15, -0.1) is 0 Å². The first-order chi connectivity index (χ1) is 5.77. The molecule has 0 spiro atoms. The van der Waals surface area contributed by atoms with Crippen LogP contribution < -0.4 is 5.32 Å². The van der Waals surface area contributed by atoms with Crippen molar-refractivity contribution in [3.63, 3.8) is 0 Å². The van der Waals surface area contributed by atoms with Gasteiger partial charge in [-0.05, 0) is 37.4 Å². The second kappa shape index (κ2) is 2.94. The molecule has 4 heteroatoms. The number of imide groups is 1. The van der Waals surface area contributed by atoms with E-state index in [-0.39, 0.29) is 11.1 Å². The number of hydrogen-bond donors (Lipinski definition) is 1. The molecule has 3 nitrogen and oxygen atoms in total. The summed E-state index contributed by atoms with van der Waals surface area (Å²) in [7, 11) is 0. The molecule has 0 atom stereocenters. The molecule has 0 unspecified atom stereocenters. The molecule has 2 amide bonds. The van der Waals surface area contributed by atoms with E-state index in [0.717, 1.165) is 37.4 Å². The largest absolute Gasteiger partial charge is 0.290 e. The Labute approximate surface area is 74.6 Å². The predicted octanol–water partition coefficient (Wildman–Crippen LogP) is 1.80. The molecule has 2 aliphatic rings. The van der Waals surface area contributed by atoms with Gasteiger partial charge in [0.05, 0.1) is 4.91 Å². The highest BCUT2D eigenvalue weighted by molar-refractivity contribution is 8.18. The van der Waals surface area contributed by atoms with Crippen LogP contribution in [0.2, 0.25) is 0 Å². The van der Waals surface area contributed by atoms with E-state index in [1.165, 1.54) is 5.57 Å². The van der Waals surface area contributed by atoms with Crippen molar-refractivity contribution in [2.24, 2.45) is 0 Å². The van der Waals surface area contributed by atoms with Gasteiger partial charge in [-0.25, -0.2) is 0 Å². The molecular weight excluding hydrogens is 174 g/mol. The Bertz CT molecular complexity index is 275. The fourth-order valence-corrected chi connectivity index (χ4v) is 2.40. The molecule has 0 radical (unpaired) electrons. The number of nitrogens with one attached hydrogen (secondary N) is 1. The molecule has 0 aromatic heterocycles. The minimum Gasteiger partial charge on any atom is -0.282 e. The topological polar surface area (TPSA) is 46.2 Å². The molecular formula is C8H9NO2S. The van der Waals surface area contributed by atoms with Crippen LogP contribution in [0.4, 0.5) is 4.79 Å². The highest BCUT2D eigenvalue weighted by Crippen LogP contribution is 2.35. The van der Waals surface area contributed by atoms with Crippen LogP contribution >= 0.6 is 11.8 Å². The maximum Gasteiger partial charge on any atom is 0.290 e. The smallest absolute Gasteiger partial charge is 0.282 e. The number of allylic oxidation sites excluding steroid dienone is 1. The van der Waals surface area contributed by atoms with Gasteiger partial charge in [0.25, 0.3) is 11.1 Å². The van der Waals surface area contributed by atoms with Crippen molar-refractivity contribution in [3.05, 3.63) is 10.5 Å². The number of rotatable bonds is 0. The van der Waals surface area contributed by atoms with Gasteiger partial charge < -0.3 is 0 Å². The molecule has 0 aromatic rings. The van der Waals surface area contributed by atoms with Crippen molar-refractivity contribution in [2.45, 2.75) is 25.7 Å². The third kappa shape index (κ3) is 1.27. The van der Waals surface area contributed by atoms with Crippen LogP contribution in [-0.4, -0.2) is 11.1 Å². The van der Waals surface area contributed by atoms with Crippen LogP contribution in [0.1, 0.15) is 25.7 Å². The van der Waals surface area contributed by atoms with Gasteiger partial charge in [0.1, 0.15) is 0 Å². The van der Waals surface area contributed by atoms with E-state index in [4.69, 9.17) is 0 Å². The molecule has 0 aromatic carbocycles. The summed E-state index contributed by atoms with van der Waals surface area (Å²) in [6.07, 6.45) is 4.29. The summed E-state index contributed by atoms with van der Waals surface area (Å²) in [5, 5.41) is 2.04. The minimum absolute atomic E-state index is 0.193. The van der Waals surface area contributed by atoms with Crippen LogP contribution in [0.25, 0.3) is 0 Å². The fourth-order valence-electron chi connectivity index (χ4n) is 1.58. The van der Waals surface area contributed by atoms with Crippen molar-refractivity contribution in [2.75, 3.05) is 0 Å². The number of hydrogen-bond acceptors (Lipinski definition) is 3. The average molecular weight is 183 g/mol. The zero-order valence-corrected chi connectivity index (χ0v) is 7.37. The molecule has 64 valence electrons. The Hall–Kier alpha value is -0.770. The Morgan fingerprint density at radius 1 is 1.17 bits per heavy atom. The van der Waals surface area contributed by atoms with Crippen molar-refractivity contribution < 1.29 is 9.59 Å². The van der Waals surface area contributed by atoms with Gasteiger partial charge in [0, 0.05) is 0 Å². The van der Waals surface area contributed by atoms with E-state index >= 15 is 0 Å². The van der Waals surface area contributed by atoms with Gasteiger partial charge in [0.2, 0.25) is 0 Å². The normalized spacial score (nSPS) is 23.7.